The van der Waals surface area contributed by atoms with Crippen LogP contribution < -0.4 is 10.7 Å². The Hall–Kier alpha value is -2.90. The van der Waals surface area contributed by atoms with Crippen LogP contribution in [0.15, 0.2) is 41.2 Å². The molecule has 3 aromatic rings. The molecule has 7 nitrogen and oxygen atoms in total. The van der Waals surface area contributed by atoms with Gasteiger partial charge in [-0.1, -0.05) is 35.3 Å². The molecule has 1 heterocycles. The highest BCUT2D eigenvalue weighted by Crippen LogP contribution is 2.27. The lowest BCUT2D eigenvalue weighted by molar-refractivity contribution is -0.398. The average Bonchev–Trinajstić information content (AvgIpc) is 2.55. The number of aromatic nitrogens is 2. The Kier molecular flexibility index (Phi) is 4.43. The molecule has 0 radical (unpaired) electrons. The van der Waals surface area contributed by atoms with E-state index in [9.17, 15) is 20.0 Å². The highest BCUT2D eigenvalue weighted by molar-refractivity contribution is 6.50. The van der Waals surface area contributed by atoms with Crippen LogP contribution in [0.1, 0.15) is 11.4 Å². The van der Waals surface area contributed by atoms with Crippen LogP contribution in [-0.4, -0.2) is 14.9 Å². The Morgan fingerprint density at radius 2 is 2.00 bits per heavy atom. The Morgan fingerprint density at radius 3 is 2.72 bits per heavy atom. The van der Waals surface area contributed by atoms with Crippen LogP contribution in [0.2, 0.25) is 5.02 Å². The van der Waals surface area contributed by atoms with Gasteiger partial charge in [-0.2, -0.15) is 0 Å². The lowest BCUT2D eigenvalue weighted by atomic mass is 10.1. The van der Waals surface area contributed by atoms with Crippen LogP contribution in [-0.2, 0) is 0 Å². The Labute approximate surface area is 150 Å². The third kappa shape index (κ3) is 3.47. The first-order chi connectivity index (χ1) is 11.8. The van der Waals surface area contributed by atoms with Gasteiger partial charge in [0, 0.05) is 11.1 Å². The summed E-state index contributed by atoms with van der Waals surface area (Å²) in [4.78, 5) is 28.9. The molecule has 0 atom stereocenters. The SMILES string of the molecule is O=c1[nH]c(/C(Cl)=C/c2ccc([O-])c([N+](=O)[O-])c2)nc2cc(Cl)ccc12. The van der Waals surface area contributed by atoms with Crippen LogP contribution in [0.25, 0.3) is 22.0 Å². The first-order valence-electron chi connectivity index (χ1n) is 6.88. The molecule has 0 bridgehead atoms. The molecule has 0 saturated carbocycles. The molecule has 0 saturated heterocycles. The molecule has 1 aromatic heterocycles. The number of fused-ring (bicyclic) bond motifs is 1. The molecule has 2 aromatic carbocycles. The summed E-state index contributed by atoms with van der Waals surface area (Å²) in [6.07, 6.45) is 1.36. The molecule has 0 spiro atoms. The average molecular weight is 377 g/mol. The highest BCUT2D eigenvalue weighted by Gasteiger charge is 2.10. The largest absolute Gasteiger partial charge is 0.868 e. The van der Waals surface area contributed by atoms with Crippen LogP contribution in [0, 0.1) is 10.1 Å². The van der Waals surface area contributed by atoms with Gasteiger partial charge in [-0.05, 0) is 35.6 Å². The first-order valence-corrected chi connectivity index (χ1v) is 7.63. The Balaban J connectivity index is 2.09. The minimum Gasteiger partial charge on any atom is -0.868 e. The maximum atomic E-state index is 12.1. The molecule has 126 valence electrons. The van der Waals surface area contributed by atoms with E-state index in [0.29, 0.717) is 21.5 Å². The van der Waals surface area contributed by atoms with Crippen molar-refractivity contribution in [3.8, 4) is 5.75 Å². The van der Waals surface area contributed by atoms with Crippen LogP contribution >= 0.6 is 23.2 Å². The number of hydrogen-bond donors (Lipinski definition) is 1. The number of nitro groups is 1. The van der Waals surface area contributed by atoms with E-state index in [1.165, 1.54) is 18.2 Å². The normalized spacial score (nSPS) is 11.7. The molecular formula is C16H8Cl2N3O4-. The van der Waals surface area contributed by atoms with E-state index < -0.39 is 21.9 Å². The molecule has 1 N–H and O–H groups in total. The number of rotatable bonds is 3. The third-order valence-corrected chi connectivity index (χ3v) is 3.89. The topological polar surface area (TPSA) is 112 Å². The number of hydrogen-bond acceptors (Lipinski definition) is 5. The van der Waals surface area contributed by atoms with E-state index >= 15 is 0 Å². The molecular weight excluding hydrogens is 369 g/mol. The lowest BCUT2D eigenvalue weighted by Gasteiger charge is -2.07. The molecule has 0 fully saturated rings. The van der Waals surface area contributed by atoms with Crippen molar-refractivity contribution < 1.29 is 10.0 Å². The fourth-order valence-corrected chi connectivity index (χ4v) is 2.59. The summed E-state index contributed by atoms with van der Waals surface area (Å²) in [5.41, 5.74) is -0.280. The van der Waals surface area contributed by atoms with Gasteiger partial charge < -0.3 is 10.1 Å². The Morgan fingerprint density at radius 1 is 1.24 bits per heavy atom. The summed E-state index contributed by atoms with van der Waals surface area (Å²) < 4.78 is 0. The quantitative estimate of drug-likeness (QED) is 0.556. The van der Waals surface area contributed by atoms with Gasteiger partial charge in [-0.15, -0.1) is 0 Å². The maximum Gasteiger partial charge on any atom is 0.262 e. The van der Waals surface area contributed by atoms with Crippen LogP contribution in [0.4, 0.5) is 5.69 Å². The summed E-state index contributed by atoms with van der Waals surface area (Å²) in [5.74, 6) is -0.625. The second-order valence-corrected chi connectivity index (χ2v) is 5.90. The smallest absolute Gasteiger partial charge is 0.262 e. The first kappa shape index (κ1) is 16.9. The summed E-state index contributed by atoms with van der Waals surface area (Å²) in [7, 11) is 0. The van der Waals surface area contributed by atoms with Gasteiger partial charge in [0.1, 0.15) is 0 Å². The molecule has 9 heteroatoms. The number of aromatic amines is 1. The fourth-order valence-electron chi connectivity index (χ4n) is 2.21. The van der Waals surface area contributed by atoms with Crippen molar-refractivity contribution in [2.45, 2.75) is 0 Å². The number of H-pyrrole nitrogens is 1. The van der Waals surface area contributed by atoms with Crippen molar-refractivity contribution in [3.63, 3.8) is 0 Å². The lowest BCUT2D eigenvalue weighted by Crippen LogP contribution is -2.10. The molecule has 0 amide bonds. The summed E-state index contributed by atoms with van der Waals surface area (Å²) >= 11 is 12.1. The predicted molar refractivity (Wildman–Crippen MR) is 93.6 cm³/mol. The molecule has 25 heavy (non-hydrogen) atoms. The van der Waals surface area contributed by atoms with Crippen molar-refractivity contribution in [3.05, 3.63) is 73.3 Å². The molecule has 0 aliphatic rings. The predicted octanol–water partition coefficient (Wildman–Crippen LogP) is 3.30. The number of nitrogens with zero attached hydrogens (tertiary/aromatic N) is 2. The van der Waals surface area contributed by atoms with E-state index in [0.717, 1.165) is 12.1 Å². The number of halogens is 2. The second-order valence-electron chi connectivity index (χ2n) is 5.05. The molecule has 0 unspecified atom stereocenters. The Bertz CT molecular complexity index is 1090. The molecule has 0 aliphatic heterocycles. The summed E-state index contributed by atoms with van der Waals surface area (Å²) in [5, 5.41) is 23.1. The van der Waals surface area contributed by atoms with E-state index in [-0.39, 0.29) is 10.9 Å². The minimum atomic E-state index is -0.772. The zero-order chi connectivity index (χ0) is 18.1. The van der Waals surface area contributed by atoms with E-state index in [4.69, 9.17) is 23.2 Å². The van der Waals surface area contributed by atoms with Gasteiger partial charge in [0.05, 0.1) is 20.9 Å². The third-order valence-electron chi connectivity index (χ3n) is 3.37. The van der Waals surface area contributed by atoms with E-state index in [1.807, 2.05) is 0 Å². The van der Waals surface area contributed by atoms with E-state index in [1.54, 1.807) is 12.1 Å². The fraction of sp³-hybridized carbons (Fsp3) is 0. The second kappa shape index (κ2) is 6.54. The van der Waals surface area contributed by atoms with Crippen LogP contribution in [0.5, 0.6) is 5.75 Å². The van der Waals surface area contributed by atoms with Crippen molar-refractivity contribution in [1.82, 2.24) is 9.97 Å². The van der Waals surface area contributed by atoms with Gasteiger partial charge >= 0.3 is 0 Å². The van der Waals surface area contributed by atoms with Gasteiger partial charge in [0.25, 0.3) is 11.2 Å². The van der Waals surface area contributed by atoms with Gasteiger partial charge in [-0.25, -0.2) is 4.98 Å². The van der Waals surface area contributed by atoms with Crippen molar-refractivity contribution in [1.29, 1.82) is 0 Å². The standard InChI is InChI=1S/C16H9Cl2N3O4/c17-9-2-3-10-12(7-9)19-15(20-16(10)23)11(18)5-8-1-4-14(22)13(6-8)21(24)25/h1-7,22H,(H,19,20,23)/p-1/b11-5-. The molecule has 0 aliphatic carbocycles. The molecule has 3 rings (SSSR count). The van der Waals surface area contributed by atoms with Crippen molar-refractivity contribution in [2.24, 2.45) is 0 Å². The van der Waals surface area contributed by atoms with E-state index in [2.05, 4.69) is 9.97 Å². The summed E-state index contributed by atoms with van der Waals surface area (Å²) in [6, 6.07) is 8.19. The summed E-state index contributed by atoms with van der Waals surface area (Å²) in [6.45, 7) is 0. The highest BCUT2D eigenvalue weighted by atomic mass is 35.5. The monoisotopic (exact) mass is 376 g/mol. The zero-order valence-corrected chi connectivity index (χ0v) is 13.8. The van der Waals surface area contributed by atoms with Crippen LogP contribution in [0.3, 0.4) is 0 Å². The zero-order valence-electron chi connectivity index (χ0n) is 12.3. The number of nitro benzene ring substituents is 1. The maximum absolute atomic E-state index is 12.1. The van der Waals surface area contributed by atoms with Crippen molar-refractivity contribution in [2.75, 3.05) is 0 Å². The number of nitrogens with one attached hydrogen (secondary N) is 1. The number of benzene rings is 2. The van der Waals surface area contributed by atoms with Gasteiger partial charge in [0.15, 0.2) is 5.82 Å². The van der Waals surface area contributed by atoms with Crippen molar-refractivity contribution >= 4 is 50.9 Å². The van der Waals surface area contributed by atoms with Gasteiger partial charge in [-0.3, -0.25) is 14.9 Å². The minimum absolute atomic E-state index is 0.0481. The van der Waals surface area contributed by atoms with Gasteiger partial charge in [0.2, 0.25) is 0 Å².